The fourth-order valence-electron chi connectivity index (χ4n) is 1.74. The second-order valence-corrected chi connectivity index (χ2v) is 7.48. The summed E-state index contributed by atoms with van der Waals surface area (Å²) in [5.74, 6) is 6.41. The van der Waals surface area contributed by atoms with Gasteiger partial charge in [0.2, 0.25) is 0 Å². The van der Waals surface area contributed by atoms with Gasteiger partial charge in [0, 0.05) is 12.8 Å². The summed E-state index contributed by atoms with van der Waals surface area (Å²) in [5, 5.41) is -0.391. The van der Waals surface area contributed by atoms with E-state index in [0.29, 0.717) is 4.90 Å². The standard InChI is InChI=1S/C16H22O2S/c1-5-6-7-9-14(4)15-10-8-11-16(12-15)19(17,18)13(2)3/h8,10-14H,5,9H2,1-4H3. The van der Waals surface area contributed by atoms with E-state index in [1.54, 1.807) is 26.0 Å². The Morgan fingerprint density at radius 1 is 1.16 bits per heavy atom. The van der Waals surface area contributed by atoms with E-state index >= 15 is 0 Å². The van der Waals surface area contributed by atoms with Crippen LogP contribution in [0.15, 0.2) is 29.2 Å². The zero-order valence-electron chi connectivity index (χ0n) is 12.1. The SMILES string of the molecule is CCC#CCC(C)c1cccc(S(=O)(=O)C(C)C)c1. The highest BCUT2D eigenvalue weighted by atomic mass is 32.2. The zero-order valence-corrected chi connectivity index (χ0v) is 12.9. The van der Waals surface area contributed by atoms with Crippen molar-refractivity contribution in [3.8, 4) is 11.8 Å². The van der Waals surface area contributed by atoms with Crippen LogP contribution in [0.4, 0.5) is 0 Å². The lowest BCUT2D eigenvalue weighted by atomic mass is 9.98. The molecule has 0 bridgehead atoms. The Morgan fingerprint density at radius 2 is 1.84 bits per heavy atom. The maximum Gasteiger partial charge on any atom is 0.180 e. The van der Waals surface area contributed by atoms with Crippen LogP contribution in [-0.4, -0.2) is 13.7 Å². The van der Waals surface area contributed by atoms with Crippen LogP contribution in [0.5, 0.6) is 0 Å². The molecule has 0 spiro atoms. The molecule has 104 valence electrons. The first kappa shape index (κ1) is 15.8. The first-order chi connectivity index (χ1) is 8.89. The summed E-state index contributed by atoms with van der Waals surface area (Å²) in [6, 6.07) is 7.24. The Bertz CT molecular complexity index is 574. The predicted octanol–water partition coefficient (Wildman–Crippen LogP) is 3.78. The molecule has 2 nitrogen and oxygen atoms in total. The summed E-state index contributed by atoms with van der Waals surface area (Å²) in [5.41, 5.74) is 1.03. The summed E-state index contributed by atoms with van der Waals surface area (Å²) in [4.78, 5) is 0.412. The first-order valence-corrected chi connectivity index (χ1v) is 8.23. The van der Waals surface area contributed by atoms with Crippen molar-refractivity contribution in [2.45, 2.75) is 56.6 Å². The van der Waals surface area contributed by atoms with E-state index in [9.17, 15) is 8.42 Å². The van der Waals surface area contributed by atoms with Gasteiger partial charge in [0.05, 0.1) is 10.1 Å². The number of hydrogen-bond donors (Lipinski definition) is 0. The second kappa shape index (κ2) is 6.77. The molecule has 1 rings (SSSR count). The summed E-state index contributed by atoms with van der Waals surface area (Å²) in [6.07, 6.45) is 1.62. The predicted molar refractivity (Wildman–Crippen MR) is 79.9 cm³/mol. The van der Waals surface area contributed by atoms with Gasteiger partial charge in [-0.15, -0.1) is 11.8 Å². The lowest BCUT2D eigenvalue weighted by molar-refractivity contribution is 0.587. The summed E-state index contributed by atoms with van der Waals surface area (Å²) in [7, 11) is -3.19. The van der Waals surface area contributed by atoms with Crippen LogP contribution in [0.3, 0.4) is 0 Å². The van der Waals surface area contributed by atoms with E-state index in [2.05, 4.69) is 18.8 Å². The van der Waals surface area contributed by atoms with Gasteiger partial charge in [-0.05, 0) is 37.5 Å². The molecule has 0 aliphatic carbocycles. The van der Waals surface area contributed by atoms with E-state index in [-0.39, 0.29) is 5.92 Å². The van der Waals surface area contributed by atoms with Crippen LogP contribution >= 0.6 is 0 Å². The minimum absolute atomic E-state index is 0.251. The van der Waals surface area contributed by atoms with Crippen molar-refractivity contribution >= 4 is 9.84 Å². The molecule has 0 heterocycles. The lowest BCUT2D eigenvalue weighted by Crippen LogP contribution is -2.14. The number of rotatable bonds is 4. The van der Waals surface area contributed by atoms with Crippen molar-refractivity contribution in [2.75, 3.05) is 0 Å². The van der Waals surface area contributed by atoms with Crippen LogP contribution in [0.1, 0.15) is 52.0 Å². The van der Waals surface area contributed by atoms with Gasteiger partial charge in [0.15, 0.2) is 9.84 Å². The molecule has 0 amide bonds. The summed E-state index contributed by atoms with van der Waals surface area (Å²) in [6.45, 7) is 7.51. The van der Waals surface area contributed by atoms with Gasteiger partial charge in [0.1, 0.15) is 0 Å². The molecular weight excluding hydrogens is 256 g/mol. The molecule has 1 atom stereocenters. The maximum absolute atomic E-state index is 12.1. The normalized spacial score (nSPS) is 12.9. The minimum atomic E-state index is -3.19. The second-order valence-electron chi connectivity index (χ2n) is 4.98. The smallest absolute Gasteiger partial charge is 0.180 e. The Hall–Kier alpha value is -1.27. The van der Waals surface area contributed by atoms with Crippen molar-refractivity contribution in [2.24, 2.45) is 0 Å². The molecule has 0 saturated carbocycles. The topological polar surface area (TPSA) is 34.1 Å². The molecule has 0 aromatic heterocycles. The van der Waals surface area contributed by atoms with Crippen molar-refractivity contribution < 1.29 is 8.42 Å². The van der Waals surface area contributed by atoms with Crippen LogP contribution in [0, 0.1) is 11.8 Å². The van der Waals surface area contributed by atoms with Gasteiger partial charge in [-0.3, -0.25) is 0 Å². The molecule has 0 aliphatic heterocycles. The van der Waals surface area contributed by atoms with Gasteiger partial charge in [0.25, 0.3) is 0 Å². The Morgan fingerprint density at radius 3 is 2.42 bits per heavy atom. The van der Waals surface area contributed by atoms with E-state index in [1.807, 2.05) is 19.1 Å². The molecule has 0 aliphatic rings. The molecule has 0 fully saturated rings. The van der Waals surface area contributed by atoms with Crippen molar-refractivity contribution in [1.82, 2.24) is 0 Å². The highest BCUT2D eigenvalue weighted by molar-refractivity contribution is 7.92. The summed E-state index contributed by atoms with van der Waals surface area (Å²) >= 11 is 0. The van der Waals surface area contributed by atoms with Gasteiger partial charge in [-0.2, -0.15) is 0 Å². The Labute approximate surface area is 117 Å². The Kier molecular flexibility index (Phi) is 5.62. The van der Waals surface area contributed by atoms with Crippen molar-refractivity contribution in [3.63, 3.8) is 0 Å². The molecule has 1 aromatic carbocycles. The third-order valence-electron chi connectivity index (χ3n) is 3.09. The van der Waals surface area contributed by atoms with Crippen molar-refractivity contribution in [3.05, 3.63) is 29.8 Å². The third kappa shape index (κ3) is 4.11. The molecule has 0 N–H and O–H groups in total. The van der Waals surface area contributed by atoms with Gasteiger partial charge in [-0.1, -0.05) is 26.0 Å². The first-order valence-electron chi connectivity index (χ1n) is 6.69. The highest BCUT2D eigenvalue weighted by Gasteiger charge is 2.19. The van der Waals surface area contributed by atoms with Gasteiger partial charge in [-0.25, -0.2) is 8.42 Å². The van der Waals surface area contributed by atoms with Gasteiger partial charge >= 0.3 is 0 Å². The maximum atomic E-state index is 12.1. The van der Waals surface area contributed by atoms with Gasteiger partial charge < -0.3 is 0 Å². The molecule has 0 radical (unpaired) electrons. The highest BCUT2D eigenvalue weighted by Crippen LogP contribution is 2.23. The third-order valence-corrected chi connectivity index (χ3v) is 5.24. The number of hydrogen-bond acceptors (Lipinski definition) is 2. The molecule has 3 heteroatoms. The largest absolute Gasteiger partial charge is 0.223 e. The fourth-order valence-corrected chi connectivity index (χ4v) is 2.85. The van der Waals surface area contributed by atoms with Crippen LogP contribution in [0.25, 0.3) is 0 Å². The number of sulfone groups is 1. The van der Waals surface area contributed by atoms with Crippen LogP contribution in [0.2, 0.25) is 0 Å². The average Bonchev–Trinajstić information content (AvgIpc) is 2.39. The molecule has 1 aromatic rings. The zero-order chi connectivity index (χ0) is 14.5. The molecule has 1 unspecified atom stereocenters. The van der Waals surface area contributed by atoms with Crippen LogP contribution in [-0.2, 0) is 9.84 Å². The van der Waals surface area contributed by atoms with Crippen molar-refractivity contribution in [1.29, 1.82) is 0 Å². The quantitative estimate of drug-likeness (QED) is 0.786. The van der Waals surface area contributed by atoms with E-state index in [1.165, 1.54) is 0 Å². The Balaban J connectivity index is 3.01. The fraction of sp³-hybridized carbons (Fsp3) is 0.500. The van der Waals surface area contributed by atoms with E-state index in [0.717, 1.165) is 18.4 Å². The van der Waals surface area contributed by atoms with Crippen LogP contribution < -0.4 is 0 Å². The average molecular weight is 278 g/mol. The molecule has 19 heavy (non-hydrogen) atoms. The minimum Gasteiger partial charge on any atom is -0.223 e. The lowest BCUT2D eigenvalue weighted by Gasteiger charge is -2.12. The number of benzene rings is 1. The summed E-state index contributed by atoms with van der Waals surface area (Å²) < 4.78 is 24.3. The van der Waals surface area contributed by atoms with E-state index < -0.39 is 15.1 Å². The molecular formula is C16H22O2S. The monoisotopic (exact) mass is 278 g/mol. The van der Waals surface area contributed by atoms with E-state index in [4.69, 9.17) is 0 Å². The molecule has 0 saturated heterocycles.